The Hall–Kier alpha value is -3.15. The second-order valence-corrected chi connectivity index (χ2v) is 7.79. The van der Waals surface area contributed by atoms with E-state index in [0.29, 0.717) is 23.7 Å². The molecular weight excluding hydrogens is 362 g/mol. The highest BCUT2D eigenvalue weighted by molar-refractivity contribution is 5.95. The minimum absolute atomic E-state index is 0.0468. The molecule has 2 N–H and O–H groups in total. The highest BCUT2D eigenvalue weighted by atomic mass is 16.2. The lowest BCUT2D eigenvalue weighted by atomic mass is 9.88. The van der Waals surface area contributed by atoms with E-state index in [1.54, 1.807) is 30.4 Å². The van der Waals surface area contributed by atoms with Crippen LogP contribution in [-0.2, 0) is 6.54 Å². The zero-order valence-corrected chi connectivity index (χ0v) is 16.8. The number of hydrogen-bond acceptors (Lipinski definition) is 4. The summed E-state index contributed by atoms with van der Waals surface area (Å²) in [6, 6.07) is 9.32. The van der Waals surface area contributed by atoms with E-state index in [-0.39, 0.29) is 5.91 Å². The van der Waals surface area contributed by atoms with Crippen LogP contribution in [-0.4, -0.2) is 32.4 Å². The number of rotatable bonds is 5. The average Bonchev–Trinajstić information content (AvgIpc) is 3.24. The molecule has 29 heavy (non-hydrogen) atoms. The molecule has 4 rings (SSSR count). The molecule has 0 radical (unpaired) electrons. The number of anilines is 1. The maximum Gasteiger partial charge on any atom is 0.253 e. The Labute approximate surface area is 171 Å². The number of benzene rings is 1. The van der Waals surface area contributed by atoms with Gasteiger partial charge in [0.05, 0.1) is 11.4 Å². The van der Waals surface area contributed by atoms with Crippen LogP contribution in [0.25, 0.3) is 5.69 Å². The number of imidazole rings is 1. The van der Waals surface area contributed by atoms with Crippen LogP contribution in [0.1, 0.15) is 59.8 Å². The van der Waals surface area contributed by atoms with Crippen molar-refractivity contribution < 1.29 is 4.79 Å². The quantitative estimate of drug-likeness (QED) is 0.665. The molecule has 1 amide bonds. The fraction of sp³-hybridized carbons (Fsp3) is 0.348. The van der Waals surface area contributed by atoms with Crippen LogP contribution in [0.5, 0.6) is 0 Å². The van der Waals surface area contributed by atoms with Gasteiger partial charge in [-0.15, -0.1) is 0 Å². The number of aromatic nitrogens is 3. The smallest absolute Gasteiger partial charge is 0.253 e. The minimum atomic E-state index is -0.0468. The lowest BCUT2D eigenvalue weighted by molar-refractivity contribution is 0.0785. The SMILES string of the molecule is CN(Cc1cccnc1)C(=O)c1ccc(N)c(-n2ccnc2C2CCCCC2)c1. The van der Waals surface area contributed by atoms with Crippen molar-refractivity contribution in [1.29, 1.82) is 0 Å². The van der Waals surface area contributed by atoms with Crippen molar-refractivity contribution in [3.05, 3.63) is 72.1 Å². The molecule has 0 unspecified atom stereocenters. The van der Waals surface area contributed by atoms with Gasteiger partial charge >= 0.3 is 0 Å². The molecule has 1 aliphatic rings. The molecule has 0 saturated heterocycles. The molecule has 1 saturated carbocycles. The predicted molar refractivity (Wildman–Crippen MR) is 114 cm³/mol. The summed E-state index contributed by atoms with van der Waals surface area (Å²) < 4.78 is 2.06. The maximum atomic E-state index is 13.0. The van der Waals surface area contributed by atoms with Gasteiger partial charge in [0.25, 0.3) is 5.91 Å². The molecule has 150 valence electrons. The number of nitrogens with two attached hydrogens (primary N) is 1. The Bertz CT molecular complexity index is 976. The van der Waals surface area contributed by atoms with Gasteiger partial charge in [0.15, 0.2) is 0 Å². The van der Waals surface area contributed by atoms with Gasteiger partial charge < -0.3 is 15.2 Å². The van der Waals surface area contributed by atoms with Crippen LogP contribution in [0.2, 0.25) is 0 Å². The number of amides is 1. The van der Waals surface area contributed by atoms with E-state index in [9.17, 15) is 4.79 Å². The zero-order chi connectivity index (χ0) is 20.2. The Morgan fingerprint density at radius 1 is 1.21 bits per heavy atom. The first kappa shape index (κ1) is 19.2. The van der Waals surface area contributed by atoms with Crippen molar-refractivity contribution >= 4 is 11.6 Å². The van der Waals surface area contributed by atoms with Gasteiger partial charge in [0.2, 0.25) is 0 Å². The topological polar surface area (TPSA) is 77.0 Å². The first-order valence-corrected chi connectivity index (χ1v) is 10.2. The van der Waals surface area contributed by atoms with Crippen molar-refractivity contribution in [2.75, 3.05) is 12.8 Å². The van der Waals surface area contributed by atoms with E-state index < -0.39 is 0 Å². The second kappa shape index (κ2) is 8.47. The molecule has 6 nitrogen and oxygen atoms in total. The summed E-state index contributed by atoms with van der Waals surface area (Å²) in [5.41, 5.74) is 9.37. The number of pyridine rings is 1. The number of carbonyl (C=O) groups excluding carboxylic acids is 1. The first-order valence-electron chi connectivity index (χ1n) is 10.2. The fourth-order valence-corrected chi connectivity index (χ4v) is 4.12. The largest absolute Gasteiger partial charge is 0.397 e. The molecule has 0 spiro atoms. The minimum Gasteiger partial charge on any atom is -0.397 e. The second-order valence-electron chi connectivity index (χ2n) is 7.79. The summed E-state index contributed by atoms with van der Waals surface area (Å²) in [5, 5.41) is 0. The van der Waals surface area contributed by atoms with Crippen LogP contribution in [0.4, 0.5) is 5.69 Å². The summed E-state index contributed by atoms with van der Waals surface area (Å²) in [7, 11) is 1.80. The number of hydrogen-bond donors (Lipinski definition) is 1. The van der Waals surface area contributed by atoms with E-state index in [1.807, 2.05) is 36.7 Å². The molecule has 3 aromatic rings. The Morgan fingerprint density at radius 3 is 2.79 bits per heavy atom. The number of nitrogens with zero attached hydrogens (tertiary/aromatic N) is 4. The first-order chi connectivity index (χ1) is 14.1. The monoisotopic (exact) mass is 389 g/mol. The van der Waals surface area contributed by atoms with Gasteiger partial charge in [-0.3, -0.25) is 9.78 Å². The van der Waals surface area contributed by atoms with E-state index in [1.165, 1.54) is 19.3 Å². The van der Waals surface area contributed by atoms with Gasteiger partial charge in [0.1, 0.15) is 5.82 Å². The third-order valence-electron chi connectivity index (χ3n) is 5.67. The molecule has 1 fully saturated rings. The average molecular weight is 390 g/mol. The highest BCUT2D eigenvalue weighted by Gasteiger charge is 2.22. The Morgan fingerprint density at radius 2 is 2.03 bits per heavy atom. The lowest BCUT2D eigenvalue weighted by Gasteiger charge is -2.23. The zero-order valence-electron chi connectivity index (χ0n) is 16.8. The number of carbonyl (C=O) groups is 1. The van der Waals surface area contributed by atoms with Crippen LogP contribution < -0.4 is 5.73 Å². The van der Waals surface area contributed by atoms with Crippen LogP contribution in [0, 0.1) is 0 Å². The van der Waals surface area contributed by atoms with Crippen molar-refractivity contribution in [2.24, 2.45) is 0 Å². The normalized spacial score (nSPS) is 14.7. The summed E-state index contributed by atoms with van der Waals surface area (Å²) in [6.45, 7) is 0.505. The predicted octanol–water partition coefficient (Wildman–Crippen LogP) is 4.17. The van der Waals surface area contributed by atoms with Crippen LogP contribution in [0.3, 0.4) is 0 Å². The van der Waals surface area contributed by atoms with Gasteiger partial charge in [-0.2, -0.15) is 0 Å². The van der Waals surface area contributed by atoms with Gasteiger partial charge in [-0.25, -0.2) is 4.98 Å². The molecule has 0 aliphatic heterocycles. The summed E-state index contributed by atoms with van der Waals surface area (Å²) in [6.07, 6.45) is 13.4. The lowest BCUT2D eigenvalue weighted by Crippen LogP contribution is -2.26. The molecule has 2 heterocycles. The Kier molecular flexibility index (Phi) is 5.60. The van der Waals surface area contributed by atoms with Crippen molar-refractivity contribution in [2.45, 2.75) is 44.6 Å². The van der Waals surface area contributed by atoms with Gasteiger partial charge in [0, 0.05) is 49.9 Å². The standard InChI is InChI=1S/C23H27N5O/c1-27(16-17-6-5-11-25-15-17)23(29)19-9-10-20(24)21(14-19)28-13-12-26-22(28)18-7-3-2-4-8-18/h5-6,9-15,18H,2-4,7-8,16,24H2,1H3. The Balaban J connectivity index is 1.60. The van der Waals surface area contributed by atoms with Crippen LogP contribution >= 0.6 is 0 Å². The molecule has 0 atom stereocenters. The van der Waals surface area contributed by atoms with Gasteiger partial charge in [-0.1, -0.05) is 25.3 Å². The number of nitrogen functional groups attached to an aromatic ring is 1. The van der Waals surface area contributed by atoms with E-state index >= 15 is 0 Å². The van der Waals surface area contributed by atoms with Crippen molar-refractivity contribution in [1.82, 2.24) is 19.4 Å². The van der Waals surface area contributed by atoms with Crippen molar-refractivity contribution in [3.8, 4) is 5.69 Å². The molecular formula is C23H27N5O. The summed E-state index contributed by atoms with van der Waals surface area (Å²) in [5.74, 6) is 1.45. The van der Waals surface area contributed by atoms with E-state index in [0.717, 1.165) is 29.9 Å². The third kappa shape index (κ3) is 4.16. The maximum absolute atomic E-state index is 13.0. The van der Waals surface area contributed by atoms with E-state index in [4.69, 9.17) is 5.73 Å². The molecule has 2 aromatic heterocycles. The summed E-state index contributed by atoms with van der Waals surface area (Å²) >= 11 is 0. The fourth-order valence-electron chi connectivity index (χ4n) is 4.12. The molecule has 1 aliphatic carbocycles. The van der Waals surface area contributed by atoms with Crippen LogP contribution in [0.15, 0.2) is 55.1 Å². The van der Waals surface area contributed by atoms with E-state index in [2.05, 4.69) is 14.5 Å². The molecule has 1 aromatic carbocycles. The van der Waals surface area contributed by atoms with Crippen molar-refractivity contribution in [3.63, 3.8) is 0 Å². The molecule has 0 bridgehead atoms. The summed E-state index contributed by atoms with van der Waals surface area (Å²) in [4.78, 5) is 23.5. The highest BCUT2D eigenvalue weighted by Crippen LogP contribution is 2.33. The molecule has 6 heteroatoms. The third-order valence-corrected chi connectivity index (χ3v) is 5.67. The van der Waals surface area contributed by atoms with Gasteiger partial charge in [-0.05, 0) is 42.7 Å².